The van der Waals surface area contributed by atoms with Gasteiger partial charge in [-0.1, -0.05) is 18.2 Å². The topological polar surface area (TPSA) is 138 Å². The second-order valence-corrected chi connectivity index (χ2v) is 7.39. The number of carbonyl (C=O) groups excluding carboxylic acids is 1. The summed E-state index contributed by atoms with van der Waals surface area (Å²) in [6.07, 6.45) is 0. The second kappa shape index (κ2) is 9.54. The van der Waals surface area contributed by atoms with Crippen molar-refractivity contribution in [1.29, 1.82) is 0 Å². The molecule has 0 bridgehead atoms. The van der Waals surface area contributed by atoms with Gasteiger partial charge in [-0.15, -0.1) is 10.2 Å². The average Bonchev–Trinajstić information content (AvgIpc) is 2.66. The fourth-order valence-electron chi connectivity index (χ4n) is 2.81. The number of methoxy groups -OCH3 is 1. The Kier molecular flexibility index (Phi) is 7.56. The van der Waals surface area contributed by atoms with Gasteiger partial charge in [0.15, 0.2) is 5.75 Å². The summed E-state index contributed by atoms with van der Waals surface area (Å²) in [7, 11) is -3.08. The van der Waals surface area contributed by atoms with Gasteiger partial charge < -0.3 is 15.2 Å². The predicted molar refractivity (Wildman–Crippen MR) is 114 cm³/mol. The number of rotatable bonds is 5. The number of benzene rings is 3. The summed E-state index contributed by atoms with van der Waals surface area (Å²) in [6, 6.07) is 12.0. The number of anilines is 1. The fourth-order valence-corrected chi connectivity index (χ4v) is 3.50. The van der Waals surface area contributed by atoms with Crippen LogP contribution in [0.5, 0.6) is 11.5 Å². The monoisotopic (exact) mass is 439 g/mol. The molecule has 0 aliphatic rings. The zero-order valence-electron chi connectivity index (χ0n) is 15.4. The Labute approximate surface area is 194 Å². The summed E-state index contributed by atoms with van der Waals surface area (Å²) in [4.78, 5) is 11.1. The third-order valence-electron chi connectivity index (χ3n) is 4.03. The van der Waals surface area contributed by atoms with Crippen LogP contribution in [-0.2, 0) is 14.9 Å². The van der Waals surface area contributed by atoms with Crippen LogP contribution in [0.2, 0.25) is 0 Å². The molecule has 3 rings (SSSR count). The molecule has 3 aromatic carbocycles. The van der Waals surface area contributed by atoms with Crippen LogP contribution >= 0.6 is 0 Å². The Morgan fingerprint density at radius 3 is 2.33 bits per heavy atom. The Balaban J connectivity index is 0.00000320. The molecule has 0 spiro atoms. The molecule has 9 nitrogen and oxygen atoms in total. The van der Waals surface area contributed by atoms with Gasteiger partial charge in [0.05, 0.1) is 18.2 Å². The van der Waals surface area contributed by atoms with Gasteiger partial charge in [0.2, 0.25) is 5.91 Å². The van der Waals surface area contributed by atoms with Crippen molar-refractivity contribution in [3.63, 3.8) is 0 Å². The molecule has 30 heavy (non-hydrogen) atoms. The van der Waals surface area contributed by atoms with Crippen molar-refractivity contribution >= 4 is 73.4 Å². The number of phenolic OH excluding ortho intramolecular Hbond substituents is 1. The summed E-state index contributed by atoms with van der Waals surface area (Å²) in [6.45, 7) is 1.27. The van der Waals surface area contributed by atoms with Crippen molar-refractivity contribution in [2.24, 2.45) is 10.2 Å². The molecule has 0 saturated heterocycles. The molecule has 0 aromatic heterocycles. The molecule has 3 aromatic rings. The van der Waals surface area contributed by atoms with Gasteiger partial charge in [-0.3, -0.25) is 9.35 Å². The summed E-state index contributed by atoms with van der Waals surface area (Å²) >= 11 is 0. The van der Waals surface area contributed by atoms with E-state index in [1.807, 2.05) is 0 Å². The van der Waals surface area contributed by atoms with Crippen LogP contribution in [0.1, 0.15) is 6.92 Å². The fraction of sp³-hybridized carbons (Fsp3) is 0.105. The normalized spacial score (nSPS) is 11.3. The van der Waals surface area contributed by atoms with E-state index in [0.717, 1.165) is 6.07 Å². The van der Waals surface area contributed by atoms with E-state index in [4.69, 9.17) is 4.74 Å². The zero-order valence-corrected chi connectivity index (χ0v) is 16.3. The van der Waals surface area contributed by atoms with Crippen LogP contribution in [0.15, 0.2) is 63.7 Å². The molecule has 0 fully saturated rings. The Bertz CT molecular complexity index is 1240. The van der Waals surface area contributed by atoms with Crippen molar-refractivity contribution in [3.05, 3.63) is 48.5 Å². The summed E-state index contributed by atoms with van der Waals surface area (Å²) in [5, 5.41) is 21.4. The molecule has 0 atom stereocenters. The van der Waals surface area contributed by atoms with E-state index in [-0.39, 0.29) is 51.7 Å². The van der Waals surface area contributed by atoms with Crippen molar-refractivity contribution in [2.45, 2.75) is 11.8 Å². The van der Waals surface area contributed by atoms with E-state index in [9.17, 15) is 22.9 Å². The number of carbonyl (C=O) groups is 1. The van der Waals surface area contributed by atoms with Gasteiger partial charge in [0.25, 0.3) is 10.1 Å². The van der Waals surface area contributed by atoms with Crippen molar-refractivity contribution in [2.75, 3.05) is 12.4 Å². The van der Waals surface area contributed by atoms with Gasteiger partial charge in [-0.25, -0.2) is 0 Å². The van der Waals surface area contributed by atoms with Gasteiger partial charge >= 0.3 is 29.6 Å². The van der Waals surface area contributed by atoms with Crippen LogP contribution in [0, 0.1) is 0 Å². The number of hydrogen-bond donors (Lipinski definition) is 3. The van der Waals surface area contributed by atoms with Gasteiger partial charge in [-0.2, -0.15) is 8.42 Å². The summed E-state index contributed by atoms with van der Waals surface area (Å²) < 4.78 is 38.0. The number of para-hydroxylation sites is 1. The molecule has 152 valence electrons. The van der Waals surface area contributed by atoms with E-state index in [2.05, 4.69) is 15.5 Å². The number of phenols is 1. The number of fused-ring (bicyclic) bond motifs is 1. The predicted octanol–water partition coefficient (Wildman–Crippen LogP) is 3.53. The van der Waals surface area contributed by atoms with Gasteiger partial charge in [0.1, 0.15) is 22.0 Å². The molecule has 11 heteroatoms. The minimum absolute atomic E-state index is 0. The average molecular weight is 439 g/mol. The van der Waals surface area contributed by atoms with Gasteiger partial charge in [-0.05, 0) is 30.3 Å². The maximum atomic E-state index is 11.7. The molecular formula is C19H18N3NaO6S. The number of nitrogens with zero attached hydrogens (tertiary/aromatic N) is 2. The second-order valence-electron chi connectivity index (χ2n) is 6.00. The van der Waals surface area contributed by atoms with E-state index < -0.39 is 26.7 Å². The zero-order chi connectivity index (χ0) is 21.2. The first-order valence-corrected chi connectivity index (χ1v) is 9.75. The first-order valence-electron chi connectivity index (χ1n) is 8.31. The Morgan fingerprint density at radius 2 is 1.70 bits per heavy atom. The molecule has 0 unspecified atom stereocenters. The molecule has 1 amide bonds. The third kappa shape index (κ3) is 4.97. The molecule has 0 aliphatic carbocycles. The van der Waals surface area contributed by atoms with E-state index in [1.54, 1.807) is 24.3 Å². The van der Waals surface area contributed by atoms with Crippen molar-refractivity contribution in [1.82, 2.24) is 0 Å². The van der Waals surface area contributed by atoms with Gasteiger partial charge in [0, 0.05) is 12.3 Å². The van der Waals surface area contributed by atoms with E-state index >= 15 is 0 Å². The number of ether oxygens (including phenoxy) is 1. The number of amides is 1. The molecule has 0 heterocycles. The third-order valence-corrected chi connectivity index (χ3v) is 4.94. The molecular weight excluding hydrogens is 421 g/mol. The van der Waals surface area contributed by atoms with Crippen LogP contribution in [0.3, 0.4) is 0 Å². The van der Waals surface area contributed by atoms with Crippen molar-refractivity contribution < 1.29 is 27.6 Å². The van der Waals surface area contributed by atoms with E-state index in [0.29, 0.717) is 11.4 Å². The van der Waals surface area contributed by atoms with E-state index in [1.165, 1.54) is 32.2 Å². The van der Waals surface area contributed by atoms with Crippen LogP contribution in [0.4, 0.5) is 17.1 Å². The first kappa shape index (κ1) is 23.8. The van der Waals surface area contributed by atoms with Crippen LogP contribution in [0.25, 0.3) is 10.8 Å². The SMILES string of the molecule is COc1ccccc1N=Nc1ccc2c(S(=O)(=O)O)ccc(NC(C)=O)c2c1O.[NaH]. The van der Waals surface area contributed by atoms with Crippen molar-refractivity contribution in [3.8, 4) is 11.5 Å². The van der Waals surface area contributed by atoms with Crippen LogP contribution < -0.4 is 10.1 Å². The molecule has 0 aliphatic heterocycles. The number of hydrogen-bond acceptors (Lipinski definition) is 7. The Morgan fingerprint density at radius 1 is 1.03 bits per heavy atom. The summed E-state index contributed by atoms with van der Waals surface area (Å²) in [5.74, 6) is -0.356. The maximum absolute atomic E-state index is 11.7. The molecule has 0 saturated carbocycles. The Hall–Kier alpha value is -2.50. The number of aromatic hydroxyl groups is 1. The molecule has 3 N–H and O–H groups in total. The summed E-state index contributed by atoms with van der Waals surface area (Å²) in [5.41, 5.74) is 0.609. The first-order chi connectivity index (χ1) is 13.7. The minimum atomic E-state index is -4.56. The standard InChI is InChI=1S/C19H17N3O6S.Na.H/c1-11(23)20-14-9-10-17(29(25,26)27)12-7-8-15(19(24)18(12)14)22-21-13-5-3-4-6-16(13)28-2;;/h3-10,24H,1-2H3,(H,20,23)(H,25,26,27);;. The quantitative estimate of drug-likeness (QED) is 0.316. The number of nitrogens with one attached hydrogen (secondary N) is 1. The van der Waals surface area contributed by atoms with Crippen LogP contribution in [-0.4, -0.2) is 60.7 Å². The number of azo groups is 1. The molecule has 0 radical (unpaired) electrons.